The Bertz CT molecular complexity index is 345. The molecule has 0 bridgehead atoms. The first kappa shape index (κ1) is 12.2. The molecule has 0 heterocycles. The molecule has 1 aromatic rings. The van der Waals surface area contributed by atoms with Gasteiger partial charge in [0, 0.05) is 10.2 Å². The number of nitrogens with two attached hydrogens (primary N) is 1. The number of rotatable bonds is 3. The number of benzene rings is 1. The van der Waals surface area contributed by atoms with Gasteiger partial charge in [0.25, 0.3) is 0 Å². The molecule has 0 saturated heterocycles. The topological polar surface area (TPSA) is 55.1 Å². The molecular formula is C11H15BrN2O. The molecule has 1 rings (SSSR count). The smallest absolute Gasteiger partial charge is 0.241 e. The van der Waals surface area contributed by atoms with Gasteiger partial charge < -0.3 is 11.1 Å². The molecule has 0 spiro atoms. The van der Waals surface area contributed by atoms with E-state index in [9.17, 15) is 4.79 Å². The average molecular weight is 271 g/mol. The SMILES string of the molecule is CCC(N)C(=O)Nc1cc(C)cc(Br)c1. The van der Waals surface area contributed by atoms with Crippen LogP contribution in [0.4, 0.5) is 5.69 Å². The van der Waals surface area contributed by atoms with E-state index in [1.165, 1.54) is 0 Å². The van der Waals surface area contributed by atoms with Crippen LogP contribution in [-0.2, 0) is 4.79 Å². The maximum absolute atomic E-state index is 11.5. The summed E-state index contributed by atoms with van der Waals surface area (Å²) in [5.41, 5.74) is 7.48. The van der Waals surface area contributed by atoms with Crippen molar-refractivity contribution >= 4 is 27.5 Å². The minimum Gasteiger partial charge on any atom is -0.325 e. The largest absolute Gasteiger partial charge is 0.325 e. The number of aryl methyl sites for hydroxylation is 1. The van der Waals surface area contributed by atoms with Crippen LogP contribution in [0, 0.1) is 6.92 Å². The molecular weight excluding hydrogens is 256 g/mol. The Morgan fingerprint density at radius 3 is 2.73 bits per heavy atom. The van der Waals surface area contributed by atoms with Gasteiger partial charge in [-0.25, -0.2) is 0 Å². The second kappa shape index (κ2) is 5.28. The summed E-state index contributed by atoms with van der Waals surface area (Å²) in [7, 11) is 0. The molecule has 0 saturated carbocycles. The fraction of sp³-hybridized carbons (Fsp3) is 0.364. The molecule has 4 heteroatoms. The van der Waals surface area contributed by atoms with E-state index in [1.807, 2.05) is 32.0 Å². The van der Waals surface area contributed by atoms with Crippen LogP contribution in [0.15, 0.2) is 22.7 Å². The van der Waals surface area contributed by atoms with Crippen molar-refractivity contribution in [2.24, 2.45) is 5.73 Å². The molecule has 0 aliphatic heterocycles. The van der Waals surface area contributed by atoms with Crippen molar-refractivity contribution in [3.63, 3.8) is 0 Å². The van der Waals surface area contributed by atoms with Crippen LogP contribution in [0.5, 0.6) is 0 Å². The van der Waals surface area contributed by atoms with Gasteiger partial charge in [-0.3, -0.25) is 4.79 Å². The van der Waals surface area contributed by atoms with Crippen molar-refractivity contribution in [2.45, 2.75) is 26.3 Å². The zero-order valence-electron chi connectivity index (χ0n) is 8.88. The van der Waals surface area contributed by atoms with Crippen molar-refractivity contribution in [2.75, 3.05) is 5.32 Å². The van der Waals surface area contributed by atoms with Crippen LogP contribution < -0.4 is 11.1 Å². The van der Waals surface area contributed by atoms with Gasteiger partial charge in [-0.15, -0.1) is 0 Å². The molecule has 0 aliphatic carbocycles. The lowest BCUT2D eigenvalue weighted by Gasteiger charge is -2.10. The predicted octanol–water partition coefficient (Wildman–Crippen LogP) is 2.43. The second-order valence-electron chi connectivity index (χ2n) is 3.52. The summed E-state index contributed by atoms with van der Waals surface area (Å²) in [5.74, 6) is -0.144. The molecule has 15 heavy (non-hydrogen) atoms. The molecule has 0 aromatic heterocycles. The summed E-state index contributed by atoms with van der Waals surface area (Å²) in [6, 6.07) is 5.30. The number of hydrogen-bond acceptors (Lipinski definition) is 2. The average Bonchev–Trinajstić information content (AvgIpc) is 2.14. The first-order chi connectivity index (χ1) is 7.02. The number of halogens is 1. The van der Waals surface area contributed by atoms with E-state index in [0.29, 0.717) is 6.42 Å². The molecule has 0 aliphatic rings. The van der Waals surface area contributed by atoms with Crippen molar-refractivity contribution in [1.82, 2.24) is 0 Å². The molecule has 82 valence electrons. The van der Waals surface area contributed by atoms with Gasteiger partial charge in [-0.05, 0) is 37.1 Å². The van der Waals surface area contributed by atoms with E-state index < -0.39 is 6.04 Å². The van der Waals surface area contributed by atoms with Crippen LogP contribution >= 0.6 is 15.9 Å². The van der Waals surface area contributed by atoms with Gasteiger partial charge >= 0.3 is 0 Å². The summed E-state index contributed by atoms with van der Waals surface area (Å²) < 4.78 is 0.947. The Balaban J connectivity index is 2.76. The van der Waals surface area contributed by atoms with E-state index in [0.717, 1.165) is 15.7 Å². The zero-order valence-corrected chi connectivity index (χ0v) is 10.5. The first-order valence-corrected chi connectivity index (χ1v) is 5.66. The van der Waals surface area contributed by atoms with Gasteiger partial charge in [-0.2, -0.15) is 0 Å². The normalized spacial score (nSPS) is 12.3. The Morgan fingerprint density at radius 2 is 2.20 bits per heavy atom. The monoisotopic (exact) mass is 270 g/mol. The van der Waals surface area contributed by atoms with Gasteiger partial charge in [0.2, 0.25) is 5.91 Å². The predicted molar refractivity (Wildman–Crippen MR) is 65.8 cm³/mol. The van der Waals surface area contributed by atoms with Crippen molar-refractivity contribution in [3.8, 4) is 0 Å². The standard InChI is InChI=1S/C11H15BrN2O/c1-3-10(13)11(15)14-9-5-7(2)4-8(12)6-9/h4-6,10H,3,13H2,1-2H3,(H,14,15). The molecule has 3 N–H and O–H groups in total. The first-order valence-electron chi connectivity index (χ1n) is 4.86. The van der Waals surface area contributed by atoms with Crippen molar-refractivity contribution < 1.29 is 4.79 Å². The highest BCUT2D eigenvalue weighted by atomic mass is 79.9. The zero-order chi connectivity index (χ0) is 11.4. The Labute approximate surface area is 98.2 Å². The number of hydrogen-bond donors (Lipinski definition) is 2. The lowest BCUT2D eigenvalue weighted by atomic mass is 10.2. The third kappa shape index (κ3) is 3.64. The maximum Gasteiger partial charge on any atom is 0.241 e. The fourth-order valence-corrected chi connectivity index (χ4v) is 1.84. The summed E-state index contributed by atoms with van der Waals surface area (Å²) in [5, 5.41) is 2.78. The number of amides is 1. The van der Waals surface area contributed by atoms with Crippen LogP contribution in [0.2, 0.25) is 0 Å². The Hall–Kier alpha value is -0.870. The van der Waals surface area contributed by atoms with E-state index in [-0.39, 0.29) is 5.91 Å². The number of nitrogens with one attached hydrogen (secondary N) is 1. The highest BCUT2D eigenvalue weighted by Gasteiger charge is 2.10. The lowest BCUT2D eigenvalue weighted by molar-refractivity contribution is -0.117. The number of carbonyl (C=O) groups is 1. The van der Waals surface area contributed by atoms with Crippen LogP contribution in [-0.4, -0.2) is 11.9 Å². The van der Waals surface area contributed by atoms with Crippen molar-refractivity contribution in [3.05, 3.63) is 28.2 Å². The minimum atomic E-state index is -0.440. The highest BCUT2D eigenvalue weighted by Crippen LogP contribution is 2.19. The molecule has 0 fully saturated rings. The van der Waals surface area contributed by atoms with Gasteiger partial charge in [0.15, 0.2) is 0 Å². The maximum atomic E-state index is 11.5. The number of carbonyl (C=O) groups excluding carboxylic acids is 1. The molecule has 1 aromatic carbocycles. The lowest BCUT2D eigenvalue weighted by Crippen LogP contribution is -2.34. The number of anilines is 1. The van der Waals surface area contributed by atoms with E-state index in [2.05, 4.69) is 21.2 Å². The molecule has 1 unspecified atom stereocenters. The van der Waals surface area contributed by atoms with E-state index in [1.54, 1.807) is 0 Å². The molecule has 1 atom stereocenters. The fourth-order valence-electron chi connectivity index (χ4n) is 1.23. The summed E-state index contributed by atoms with van der Waals surface area (Å²) in [4.78, 5) is 11.5. The molecule has 3 nitrogen and oxygen atoms in total. The quantitative estimate of drug-likeness (QED) is 0.887. The van der Waals surface area contributed by atoms with Gasteiger partial charge in [0.05, 0.1) is 6.04 Å². The molecule has 0 radical (unpaired) electrons. The van der Waals surface area contributed by atoms with Gasteiger partial charge in [0.1, 0.15) is 0 Å². The second-order valence-corrected chi connectivity index (χ2v) is 4.44. The van der Waals surface area contributed by atoms with Crippen LogP contribution in [0.3, 0.4) is 0 Å². The summed E-state index contributed by atoms with van der Waals surface area (Å²) in [6.45, 7) is 3.86. The highest BCUT2D eigenvalue weighted by molar-refractivity contribution is 9.10. The van der Waals surface area contributed by atoms with Crippen molar-refractivity contribution in [1.29, 1.82) is 0 Å². The Morgan fingerprint density at radius 1 is 1.53 bits per heavy atom. The summed E-state index contributed by atoms with van der Waals surface area (Å²) in [6.07, 6.45) is 0.638. The summed E-state index contributed by atoms with van der Waals surface area (Å²) >= 11 is 3.37. The Kier molecular flexibility index (Phi) is 4.29. The van der Waals surface area contributed by atoms with Gasteiger partial charge in [-0.1, -0.05) is 22.9 Å². The molecule has 1 amide bonds. The third-order valence-corrected chi connectivity index (χ3v) is 2.54. The minimum absolute atomic E-state index is 0.144. The van der Waals surface area contributed by atoms with Crippen LogP contribution in [0.1, 0.15) is 18.9 Å². The van der Waals surface area contributed by atoms with E-state index >= 15 is 0 Å². The van der Waals surface area contributed by atoms with Crippen LogP contribution in [0.25, 0.3) is 0 Å². The third-order valence-electron chi connectivity index (χ3n) is 2.09. The van der Waals surface area contributed by atoms with E-state index in [4.69, 9.17) is 5.73 Å².